The van der Waals surface area contributed by atoms with Crippen LogP contribution < -0.4 is 11.6 Å². The Labute approximate surface area is 52.3 Å². The Morgan fingerprint density at radius 2 is 2.22 bits per heavy atom. The molecule has 0 spiro atoms. The zero-order chi connectivity index (χ0) is 7.33. The first-order chi connectivity index (χ1) is 4.12. The molecule has 6 nitrogen and oxygen atoms in total. The summed E-state index contributed by atoms with van der Waals surface area (Å²) in [7, 11) is -3.99. The predicted octanol–water partition coefficient (Wildman–Crippen LogP) is -1.05. The molecule has 5 N–H and O–H groups in total. The number of rotatable bonds is 4. The second kappa shape index (κ2) is 3.94. The molecule has 0 saturated carbocycles. The summed E-state index contributed by atoms with van der Waals surface area (Å²) in [6.45, 7) is 0.0961. The van der Waals surface area contributed by atoms with Gasteiger partial charge in [0.05, 0.1) is 6.61 Å². The van der Waals surface area contributed by atoms with Crippen molar-refractivity contribution in [3.05, 3.63) is 0 Å². The van der Waals surface area contributed by atoms with E-state index >= 15 is 0 Å². The highest BCUT2D eigenvalue weighted by Gasteiger charge is 2.17. The lowest BCUT2D eigenvalue weighted by Crippen LogP contribution is -2.09. The molecule has 0 aliphatic rings. The molecule has 56 valence electrons. The van der Waals surface area contributed by atoms with Crippen LogP contribution in [0.25, 0.3) is 0 Å². The molecular weight excluding hydrogens is 147 g/mol. The molecule has 0 saturated heterocycles. The minimum atomic E-state index is -3.99. The van der Waals surface area contributed by atoms with Gasteiger partial charge in [0.2, 0.25) is 0 Å². The lowest BCUT2D eigenvalue weighted by atomic mass is 10.8. The lowest BCUT2D eigenvalue weighted by Gasteiger charge is -2.05. The van der Waals surface area contributed by atoms with Gasteiger partial charge in [-0.15, -0.1) is 0 Å². The van der Waals surface area contributed by atoms with Gasteiger partial charge in [0.1, 0.15) is 0 Å². The Hall–Kier alpha value is 0.0300. The van der Waals surface area contributed by atoms with Crippen LogP contribution in [-0.4, -0.2) is 18.0 Å². The Morgan fingerprint density at radius 3 is 2.56 bits per heavy atom. The first-order valence-electron chi connectivity index (χ1n) is 2.18. The Bertz CT molecular complexity index is 117. The van der Waals surface area contributed by atoms with Gasteiger partial charge in [-0.1, -0.05) is 0 Å². The van der Waals surface area contributed by atoms with Crippen molar-refractivity contribution in [2.24, 2.45) is 11.6 Å². The molecule has 9 heavy (non-hydrogen) atoms. The summed E-state index contributed by atoms with van der Waals surface area (Å²) >= 11 is 0. The van der Waals surface area contributed by atoms with Crippen LogP contribution in [0.3, 0.4) is 0 Å². The van der Waals surface area contributed by atoms with Crippen LogP contribution in [0, 0.1) is 0 Å². The lowest BCUT2D eigenvalue weighted by molar-refractivity contribution is 0.154. The molecule has 0 bridgehead atoms. The molecule has 0 aliphatic heterocycles. The molecule has 0 rings (SSSR count). The van der Waals surface area contributed by atoms with Gasteiger partial charge in [-0.25, -0.2) is 15.1 Å². The standard InChI is InChI=1S/C2H9N2O4P/c3-1-2-7-9(5,6)8-4/h1-4H2,(H,5,6). The van der Waals surface area contributed by atoms with E-state index in [0.29, 0.717) is 0 Å². The highest BCUT2D eigenvalue weighted by molar-refractivity contribution is 7.47. The Balaban J connectivity index is 3.46. The Kier molecular flexibility index (Phi) is 3.96. The molecule has 0 aromatic carbocycles. The van der Waals surface area contributed by atoms with Crippen molar-refractivity contribution in [1.82, 2.24) is 0 Å². The second-order valence-corrected chi connectivity index (χ2v) is 2.60. The fraction of sp³-hybridized carbons (Fsp3) is 1.00. The van der Waals surface area contributed by atoms with Crippen LogP contribution in [0.1, 0.15) is 0 Å². The summed E-state index contributed by atoms with van der Waals surface area (Å²) in [6.07, 6.45) is 0. The van der Waals surface area contributed by atoms with Gasteiger partial charge in [0.15, 0.2) is 0 Å². The molecule has 0 amide bonds. The number of phosphoric acid groups is 1. The molecular formula is C2H9N2O4P. The smallest absolute Gasteiger partial charge is 0.328 e. The molecule has 0 heterocycles. The maximum absolute atomic E-state index is 10.3. The normalized spacial score (nSPS) is 17.2. The molecule has 0 fully saturated rings. The van der Waals surface area contributed by atoms with E-state index in [-0.39, 0.29) is 13.2 Å². The molecule has 1 atom stereocenters. The first-order valence-corrected chi connectivity index (χ1v) is 3.68. The fourth-order valence-corrected chi connectivity index (χ4v) is 0.595. The van der Waals surface area contributed by atoms with Crippen LogP contribution in [0.5, 0.6) is 0 Å². The number of hydrogen-bond donors (Lipinski definition) is 3. The van der Waals surface area contributed by atoms with E-state index < -0.39 is 7.82 Å². The van der Waals surface area contributed by atoms with Gasteiger partial charge < -0.3 is 10.6 Å². The summed E-state index contributed by atoms with van der Waals surface area (Å²) in [6, 6.07) is 0. The number of hydrogen-bond acceptors (Lipinski definition) is 5. The minimum absolute atomic E-state index is 0.0506. The van der Waals surface area contributed by atoms with Gasteiger partial charge in [-0.2, -0.15) is 0 Å². The van der Waals surface area contributed by atoms with Crippen molar-refractivity contribution in [1.29, 1.82) is 0 Å². The minimum Gasteiger partial charge on any atom is -0.328 e. The van der Waals surface area contributed by atoms with Crippen molar-refractivity contribution in [3.8, 4) is 0 Å². The van der Waals surface area contributed by atoms with Gasteiger partial charge in [0.25, 0.3) is 0 Å². The highest BCUT2D eigenvalue weighted by atomic mass is 31.2. The van der Waals surface area contributed by atoms with E-state index in [2.05, 4.69) is 15.0 Å². The number of phosphoric ester groups is 1. The van der Waals surface area contributed by atoms with Gasteiger partial charge in [-0.05, 0) is 0 Å². The van der Waals surface area contributed by atoms with Crippen molar-refractivity contribution in [3.63, 3.8) is 0 Å². The monoisotopic (exact) mass is 156 g/mol. The van der Waals surface area contributed by atoms with Gasteiger partial charge >= 0.3 is 7.82 Å². The third kappa shape index (κ3) is 4.53. The third-order valence-corrected chi connectivity index (χ3v) is 1.28. The van der Waals surface area contributed by atoms with Crippen molar-refractivity contribution < 1.29 is 18.6 Å². The van der Waals surface area contributed by atoms with E-state index in [4.69, 9.17) is 10.6 Å². The average Bonchev–Trinajstić information content (AvgIpc) is 1.84. The van der Waals surface area contributed by atoms with Crippen molar-refractivity contribution >= 4 is 7.82 Å². The quantitative estimate of drug-likeness (QED) is 0.354. The zero-order valence-electron chi connectivity index (χ0n) is 4.69. The Morgan fingerprint density at radius 1 is 1.67 bits per heavy atom. The summed E-state index contributed by atoms with van der Waals surface area (Å²) in [5.41, 5.74) is 4.94. The maximum atomic E-state index is 10.3. The molecule has 0 aliphatic carbocycles. The molecule has 0 aromatic heterocycles. The summed E-state index contributed by atoms with van der Waals surface area (Å²) < 4.78 is 18.0. The predicted molar refractivity (Wildman–Crippen MR) is 30.1 cm³/mol. The summed E-state index contributed by atoms with van der Waals surface area (Å²) in [4.78, 5) is 8.38. The van der Waals surface area contributed by atoms with E-state index in [0.717, 1.165) is 0 Å². The van der Waals surface area contributed by atoms with Crippen LogP contribution in [0.15, 0.2) is 0 Å². The highest BCUT2D eigenvalue weighted by Crippen LogP contribution is 2.40. The molecule has 7 heteroatoms. The third-order valence-electron chi connectivity index (χ3n) is 0.505. The van der Waals surface area contributed by atoms with Crippen LogP contribution >= 0.6 is 7.82 Å². The van der Waals surface area contributed by atoms with Crippen LogP contribution in [0.4, 0.5) is 0 Å². The maximum Gasteiger partial charge on any atom is 0.488 e. The SMILES string of the molecule is NCCOP(=O)(O)ON. The van der Waals surface area contributed by atoms with Crippen LogP contribution in [0.2, 0.25) is 0 Å². The molecule has 0 radical (unpaired) electrons. The van der Waals surface area contributed by atoms with Crippen molar-refractivity contribution in [2.75, 3.05) is 13.2 Å². The molecule has 1 unspecified atom stereocenters. The zero-order valence-corrected chi connectivity index (χ0v) is 5.58. The average molecular weight is 156 g/mol. The van der Waals surface area contributed by atoms with E-state index in [1.807, 2.05) is 0 Å². The van der Waals surface area contributed by atoms with E-state index in [9.17, 15) is 4.57 Å². The first kappa shape index (κ1) is 9.03. The topological polar surface area (TPSA) is 108 Å². The van der Waals surface area contributed by atoms with E-state index in [1.54, 1.807) is 0 Å². The van der Waals surface area contributed by atoms with Gasteiger partial charge in [0, 0.05) is 6.54 Å². The van der Waals surface area contributed by atoms with Crippen LogP contribution in [-0.2, 0) is 13.7 Å². The summed E-state index contributed by atoms with van der Waals surface area (Å²) in [5.74, 6) is 4.37. The fourth-order valence-electron chi connectivity index (χ4n) is 0.198. The second-order valence-electron chi connectivity index (χ2n) is 1.20. The van der Waals surface area contributed by atoms with Gasteiger partial charge in [-0.3, -0.25) is 4.52 Å². The number of nitrogens with two attached hydrogens (primary N) is 2. The van der Waals surface area contributed by atoms with E-state index in [1.165, 1.54) is 0 Å². The summed E-state index contributed by atoms with van der Waals surface area (Å²) in [5, 5.41) is 0. The molecule has 0 aromatic rings. The van der Waals surface area contributed by atoms with Crippen molar-refractivity contribution in [2.45, 2.75) is 0 Å². The largest absolute Gasteiger partial charge is 0.488 e.